The van der Waals surface area contributed by atoms with Crippen molar-refractivity contribution in [3.05, 3.63) is 46.9 Å². The summed E-state index contributed by atoms with van der Waals surface area (Å²) in [5.74, 6) is 3.83. The number of nitrogens with one attached hydrogen (secondary N) is 1. The monoisotopic (exact) mass is 458 g/mol. The van der Waals surface area contributed by atoms with E-state index in [1.54, 1.807) is 4.90 Å². The van der Waals surface area contributed by atoms with E-state index in [9.17, 15) is 4.79 Å². The molecule has 1 fully saturated rings. The van der Waals surface area contributed by atoms with E-state index in [2.05, 4.69) is 38.8 Å². The number of hydrogen-bond acceptors (Lipinski definition) is 7. The maximum Gasteiger partial charge on any atom is 0.260 e. The molecule has 2 aliphatic heterocycles. The quantitative estimate of drug-likeness (QED) is 0.606. The highest BCUT2D eigenvalue weighted by atomic mass is 16.2. The highest BCUT2D eigenvalue weighted by Gasteiger charge is 2.41. The van der Waals surface area contributed by atoms with Gasteiger partial charge in [-0.1, -0.05) is 6.07 Å². The molecule has 34 heavy (non-hydrogen) atoms. The van der Waals surface area contributed by atoms with E-state index in [1.165, 1.54) is 12.8 Å². The fourth-order valence-electron chi connectivity index (χ4n) is 5.54. The molecular weight excluding hydrogens is 428 g/mol. The zero-order valence-electron chi connectivity index (χ0n) is 20.1. The molecule has 1 aliphatic carbocycles. The first-order chi connectivity index (χ1) is 16.5. The highest BCUT2D eigenvalue weighted by molar-refractivity contribution is 6.10. The molecule has 1 N–H and O–H groups in total. The predicted molar refractivity (Wildman–Crippen MR) is 130 cm³/mol. The van der Waals surface area contributed by atoms with Crippen LogP contribution in [-0.4, -0.2) is 50.8 Å². The van der Waals surface area contributed by atoms with Crippen LogP contribution >= 0.6 is 0 Å². The Morgan fingerprint density at radius 3 is 2.85 bits per heavy atom. The van der Waals surface area contributed by atoms with Crippen molar-refractivity contribution in [3.8, 4) is 11.5 Å². The van der Waals surface area contributed by atoms with Gasteiger partial charge in [-0.25, -0.2) is 9.97 Å². The van der Waals surface area contributed by atoms with E-state index in [1.807, 2.05) is 38.4 Å². The summed E-state index contributed by atoms with van der Waals surface area (Å²) in [6, 6.07) is 8.48. The van der Waals surface area contributed by atoms with Crippen LogP contribution in [0.25, 0.3) is 11.5 Å². The van der Waals surface area contributed by atoms with Gasteiger partial charge in [0.25, 0.3) is 5.91 Å². The molecule has 2 unspecified atom stereocenters. The van der Waals surface area contributed by atoms with Crippen molar-refractivity contribution in [3.63, 3.8) is 0 Å². The summed E-state index contributed by atoms with van der Waals surface area (Å²) in [6.45, 7) is 5.29. The fraction of sp³-hybridized carbons (Fsp3) is 0.480. The third kappa shape index (κ3) is 3.14. The largest absolute Gasteiger partial charge is 0.357 e. The van der Waals surface area contributed by atoms with Crippen molar-refractivity contribution in [1.82, 2.24) is 30.0 Å². The smallest absolute Gasteiger partial charge is 0.260 e. The number of aromatic nitrogens is 5. The molecule has 6 rings (SSSR count). The van der Waals surface area contributed by atoms with Gasteiger partial charge in [-0.15, -0.1) is 10.2 Å². The van der Waals surface area contributed by atoms with Crippen LogP contribution in [0.3, 0.4) is 0 Å². The van der Waals surface area contributed by atoms with Gasteiger partial charge in [0.15, 0.2) is 5.82 Å². The van der Waals surface area contributed by atoms with Gasteiger partial charge in [0.1, 0.15) is 23.2 Å². The summed E-state index contributed by atoms with van der Waals surface area (Å²) >= 11 is 0. The topological polar surface area (TPSA) is 92.1 Å². The third-order valence-corrected chi connectivity index (χ3v) is 7.57. The van der Waals surface area contributed by atoms with E-state index < -0.39 is 0 Å². The van der Waals surface area contributed by atoms with Crippen LogP contribution in [-0.2, 0) is 13.1 Å². The molecule has 0 aromatic carbocycles. The summed E-state index contributed by atoms with van der Waals surface area (Å²) in [5, 5.41) is 12.2. The predicted octanol–water partition coefficient (Wildman–Crippen LogP) is 3.28. The van der Waals surface area contributed by atoms with Crippen LogP contribution < -0.4 is 15.1 Å². The standard InChI is InChI=1S/C25H30N8O/c1-14(2)31(4)22-11-17-18(20(28-22)12-26-3)13-32(25(17)34)21-7-5-6-19(27-21)24-30-29-23-15-8-9-16(10-15)33(23)24/h5-7,11,14-16,26H,8-10,12-13H2,1-4H3. The van der Waals surface area contributed by atoms with E-state index in [0.29, 0.717) is 36.4 Å². The molecule has 1 amide bonds. The molecule has 0 spiro atoms. The third-order valence-electron chi connectivity index (χ3n) is 7.57. The fourth-order valence-corrected chi connectivity index (χ4v) is 5.54. The number of pyridine rings is 2. The van der Waals surface area contributed by atoms with Crippen LogP contribution in [0, 0.1) is 0 Å². The molecule has 3 aromatic heterocycles. The lowest BCUT2D eigenvalue weighted by Crippen LogP contribution is -2.27. The lowest BCUT2D eigenvalue weighted by molar-refractivity contribution is 0.0996. The van der Waals surface area contributed by atoms with Gasteiger partial charge < -0.3 is 14.8 Å². The second-order valence-corrected chi connectivity index (χ2v) is 9.88. The summed E-state index contributed by atoms with van der Waals surface area (Å²) in [4.78, 5) is 27.2. The summed E-state index contributed by atoms with van der Waals surface area (Å²) < 4.78 is 2.27. The first kappa shape index (κ1) is 21.2. The van der Waals surface area contributed by atoms with Crippen molar-refractivity contribution < 1.29 is 4.79 Å². The summed E-state index contributed by atoms with van der Waals surface area (Å²) in [6.07, 6.45) is 3.54. The van der Waals surface area contributed by atoms with E-state index in [-0.39, 0.29) is 11.9 Å². The van der Waals surface area contributed by atoms with Crippen molar-refractivity contribution in [2.45, 2.75) is 64.2 Å². The molecule has 3 aromatic rings. The van der Waals surface area contributed by atoms with Gasteiger partial charge in [-0.05, 0) is 58.4 Å². The number of hydrogen-bond donors (Lipinski definition) is 1. The summed E-state index contributed by atoms with van der Waals surface area (Å²) in [5.41, 5.74) is 3.34. The number of nitrogens with zero attached hydrogens (tertiary/aromatic N) is 7. The van der Waals surface area contributed by atoms with E-state index >= 15 is 0 Å². The zero-order valence-corrected chi connectivity index (χ0v) is 20.1. The number of carbonyl (C=O) groups is 1. The minimum Gasteiger partial charge on any atom is -0.357 e. The Morgan fingerprint density at radius 2 is 2.06 bits per heavy atom. The van der Waals surface area contributed by atoms with E-state index in [0.717, 1.165) is 40.8 Å². The molecule has 5 heterocycles. The van der Waals surface area contributed by atoms with Gasteiger partial charge in [-0.3, -0.25) is 9.69 Å². The Hall–Kier alpha value is -3.33. The van der Waals surface area contributed by atoms with Gasteiger partial charge >= 0.3 is 0 Å². The molecule has 2 bridgehead atoms. The van der Waals surface area contributed by atoms with Crippen molar-refractivity contribution in [2.75, 3.05) is 23.9 Å². The maximum absolute atomic E-state index is 13.6. The lowest BCUT2D eigenvalue weighted by atomic mass is 10.1. The average Bonchev–Trinajstić information content (AvgIpc) is 3.61. The van der Waals surface area contributed by atoms with Crippen molar-refractivity contribution in [1.29, 1.82) is 0 Å². The number of carbonyl (C=O) groups excluding carboxylic acids is 1. The van der Waals surface area contributed by atoms with Crippen molar-refractivity contribution >= 4 is 17.5 Å². The minimum atomic E-state index is -0.0386. The van der Waals surface area contributed by atoms with Crippen molar-refractivity contribution in [2.24, 2.45) is 0 Å². The Kier molecular flexibility index (Phi) is 4.91. The lowest BCUT2D eigenvalue weighted by Gasteiger charge is -2.24. The van der Waals surface area contributed by atoms with Gasteiger partial charge in [0, 0.05) is 37.2 Å². The molecule has 9 nitrogen and oxygen atoms in total. The van der Waals surface area contributed by atoms with Crippen LogP contribution in [0.5, 0.6) is 0 Å². The van der Waals surface area contributed by atoms with Crippen LogP contribution in [0.2, 0.25) is 0 Å². The molecule has 176 valence electrons. The van der Waals surface area contributed by atoms with Gasteiger partial charge in [0.05, 0.1) is 17.8 Å². The maximum atomic E-state index is 13.6. The molecule has 3 aliphatic rings. The molecule has 0 radical (unpaired) electrons. The van der Waals surface area contributed by atoms with Crippen LogP contribution in [0.1, 0.15) is 72.5 Å². The average molecular weight is 459 g/mol. The number of rotatable bonds is 6. The zero-order chi connectivity index (χ0) is 23.6. The molecule has 9 heteroatoms. The van der Waals surface area contributed by atoms with Crippen LogP contribution in [0.4, 0.5) is 11.6 Å². The number of fused-ring (bicyclic) bond motifs is 6. The molecule has 2 atom stereocenters. The first-order valence-electron chi connectivity index (χ1n) is 12.1. The Morgan fingerprint density at radius 1 is 1.21 bits per heavy atom. The van der Waals surface area contributed by atoms with Gasteiger partial charge in [0.2, 0.25) is 0 Å². The Labute approximate surface area is 199 Å². The summed E-state index contributed by atoms with van der Waals surface area (Å²) in [7, 11) is 3.91. The number of amides is 1. The second kappa shape index (κ2) is 7.87. The first-order valence-corrected chi connectivity index (χ1v) is 12.1. The Balaban J connectivity index is 1.36. The van der Waals surface area contributed by atoms with Crippen LogP contribution in [0.15, 0.2) is 24.3 Å². The minimum absolute atomic E-state index is 0.0386. The highest BCUT2D eigenvalue weighted by Crippen LogP contribution is 2.49. The molecule has 0 saturated heterocycles. The Bertz CT molecular complexity index is 1280. The van der Waals surface area contributed by atoms with Gasteiger partial charge in [-0.2, -0.15) is 0 Å². The van der Waals surface area contributed by atoms with E-state index in [4.69, 9.17) is 9.97 Å². The SMILES string of the molecule is CNCc1nc(N(C)C(C)C)cc2c1CN(c1cccc(-c3nnc4n3C3CCC4C3)n1)C2=O. The number of anilines is 2. The normalized spacial score (nSPS) is 20.4. The molecule has 1 saturated carbocycles. The second-order valence-electron chi connectivity index (χ2n) is 9.88. The molecular formula is C25H30N8O.